The Hall–Kier alpha value is -2.36. The Morgan fingerprint density at radius 2 is 2.00 bits per heavy atom. The maximum absolute atomic E-state index is 12.6. The number of nitrogens with zero attached hydrogens (tertiary/aromatic N) is 3. The topological polar surface area (TPSA) is 112 Å². The third-order valence-corrected chi connectivity index (χ3v) is 6.01. The number of β-amino-alcohol motifs (C(OH)–C–C–N with tert-alkyl or cyclic N) is 1. The lowest BCUT2D eigenvalue weighted by molar-refractivity contribution is 0.102. The summed E-state index contributed by atoms with van der Waals surface area (Å²) >= 11 is 0. The predicted molar refractivity (Wildman–Crippen MR) is 95.2 cm³/mol. The zero-order chi connectivity index (χ0) is 18.7. The van der Waals surface area contributed by atoms with E-state index in [9.17, 15) is 18.3 Å². The van der Waals surface area contributed by atoms with Crippen LogP contribution in [0.2, 0.25) is 0 Å². The molecule has 1 aliphatic rings. The second-order valence-electron chi connectivity index (χ2n) is 6.13. The fourth-order valence-electron chi connectivity index (χ4n) is 2.78. The van der Waals surface area contributed by atoms with E-state index in [1.165, 1.54) is 28.6 Å². The van der Waals surface area contributed by atoms with Crippen molar-refractivity contribution in [2.45, 2.75) is 30.8 Å². The van der Waals surface area contributed by atoms with Crippen LogP contribution < -0.4 is 5.32 Å². The number of amides is 1. The number of carbonyl (C=O) groups is 1. The lowest BCUT2D eigenvalue weighted by Crippen LogP contribution is -2.42. The fraction of sp³-hybridized carbons (Fsp3) is 0.353. The minimum atomic E-state index is -3.68. The first-order valence-corrected chi connectivity index (χ1v) is 9.69. The van der Waals surface area contributed by atoms with Crippen LogP contribution in [-0.4, -0.2) is 52.9 Å². The number of aliphatic hydroxyl groups excluding tert-OH is 1. The molecule has 1 amide bonds. The normalized spacial score (nSPS) is 18.5. The van der Waals surface area contributed by atoms with Crippen LogP contribution in [0.15, 0.2) is 41.4 Å². The number of hydrogen-bond acceptors (Lipinski definition) is 6. The average Bonchev–Trinajstić information content (AvgIpc) is 2.62. The van der Waals surface area contributed by atoms with E-state index in [4.69, 9.17) is 0 Å². The van der Waals surface area contributed by atoms with Crippen LogP contribution in [0, 0.1) is 6.92 Å². The summed E-state index contributed by atoms with van der Waals surface area (Å²) in [7, 11) is -3.68. The Bertz CT molecular complexity index is 899. The highest BCUT2D eigenvalue weighted by atomic mass is 32.2. The van der Waals surface area contributed by atoms with Crippen molar-refractivity contribution in [1.29, 1.82) is 0 Å². The molecule has 1 aromatic heterocycles. The van der Waals surface area contributed by atoms with E-state index in [1.807, 2.05) is 0 Å². The molecule has 2 aromatic rings. The molecular weight excluding hydrogens is 356 g/mol. The second kappa shape index (κ2) is 7.48. The van der Waals surface area contributed by atoms with Crippen LogP contribution in [0.3, 0.4) is 0 Å². The molecule has 1 saturated heterocycles. The highest BCUT2D eigenvalue weighted by Gasteiger charge is 2.29. The molecule has 0 saturated carbocycles. The lowest BCUT2D eigenvalue weighted by Gasteiger charge is -2.29. The number of benzene rings is 1. The molecule has 0 bridgehead atoms. The number of piperidine rings is 1. The third-order valence-electron chi connectivity index (χ3n) is 4.13. The molecular formula is C17H20N4O4S. The molecule has 8 nitrogen and oxygen atoms in total. The zero-order valence-corrected chi connectivity index (χ0v) is 15.1. The first-order chi connectivity index (χ1) is 12.4. The highest BCUT2D eigenvalue weighted by Crippen LogP contribution is 2.21. The van der Waals surface area contributed by atoms with Crippen molar-refractivity contribution in [3.05, 3.63) is 47.9 Å². The molecule has 0 spiro atoms. The summed E-state index contributed by atoms with van der Waals surface area (Å²) in [6, 6.07) is 7.28. The molecule has 0 radical (unpaired) electrons. The van der Waals surface area contributed by atoms with E-state index in [2.05, 4.69) is 15.3 Å². The SMILES string of the molecule is Cc1nccc(NC(=O)c2ccc(S(=O)(=O)N3CCC[C@H](O)C3)cc2)n1. The number of sulfonamides is 1. The minimum absolute atomic E-state index is 0.0949. The van der Waals surface area contributed by atoms with Gasteiger partial charge in [-0.05, 0) is 50.1 Å². The molecule has 1 aliphatic heterocycles. The maximum atomic E-state index is 12.6. The number of carbonyl (C=O) groups excluding carboxylic acids is 1. The Balaban J connectivity index is 1.74. The van der Waals surface area contributed by atoms with Gasteiger partial charge in [-0.3, -0.25) is 4.79 Å². The standard InChI is InChI=1S/C17H20N4O4S/c1-12-18-9-8-16(19-12)20-17(23)13-4-6-15(7-5-13)26(24,25)21-10-2-3-14(22)11-21/h4-9,14,22H,2-3,10-11H2,1H3,(H,18,19,20,23)/t14-/m0/s1. The Labute approximate surface area is 152 Å². The van der Waals surface area contributed by atoms with Crippen molar-refractivity contribution >= 4 is 21.7 Å². The van der Waals surface area contributed by atoms with Gasteiger partial charge in [0.2, 0.25) is 10.0 Å². The summed E-state index contributed by atoms with van der Waals surface area (Å²) in [4.78, 5) is 20.4. The van der Waals surface area contributed by atoms with Gasteiger partial charge in [-0.2, -0.15) is 4.31 Å². The summed E-state index contributed by atoms with van der Waals surface area (Å²) in [6.45, 7) is 2.19. The second-order valence-corrected chi connectivity index (χ2v) is 8.06. The fourth-order valence-corrected chi connectivity index (χ4v) is 4.30. The van der Waals surface area contributed by atoms with Gasteiger partial charge < -0.3 is 10.4 Å². The number of rotatable bonds is 4. The molecule has 26 heavy (non-hydrogen) atoms. The summed E-state index contributed by atoms with van der Waals surface area (Å²) in [5, 5.41) is 12.3. The molecule has 1 fully saturated rings. The van der Waals surface area contributed by atoms with E-state index in [0.717, 1.165) is 0 Å². The van der Waals surface area contributed by atoms with Gasteiger partial charge in [-0.15, -0.1) is 0 Å². The quantitative estimate of drug-likeness (QED) is 0.829. The van der Waals surface area contributed by atoms with Gasteiger partial charge in [0.25, 0.3) is 5.91 Å². The van der Waals surface area contributed by atoms with Gasteiger partial charge in [-0.25, -0.2) is 18.4 Å². The highest BCUT2D eigenvalue weighted by molar-refractivity contribution is 7.89. The van der Waals surface area contributed by atoms with Crippen LogP contribution in [0.1, 0.15) is 29.0 Å². The average molecular weight is 376 g/mol. The summed E-state index contributed by atoms with van der Waals surface area (Å²) in [5.74, 6) is 0.523. The van der Waals surface area contributed by atoms with Crippen molar-refractivity contribution in [3.63, 3.8) is 0 Å². The number of aryl methyl sites for hydroxylation is 1. The number of aliphatic hydroxyl groups is 1. The van der Waals surface area contributed by atoms with E-state index in [1.54, 1.807) is 19.2 Å². The number of nitrogens with one attached hydrogen (secondary N) is 1. The Morgan fingerprint density at radius 3 is 2.65 bits per heavy atom. The molecule has 2 N–H and O–H groups in total. The van der Waals surface area contributed by atoms with Gasteiger partial charge in [0.1, 0.15) is 11.6 Å². The van der Waals surface area contributed by atoms with Gasteiger partial charge in [-0.1, -0.05) is 0 Å². The smallest absolute Gasteiger partial charge is 0.256 e. The molecule has 0 unspecified atom stereocenters. The monoisotopic (exact) mass is 376 g/mol. The largest absolute Gasteiger partial charge is 0.392 e. The summed E-state index contributed by atoms with van der Waals surface area (Å²) in [6.07, 6.45) is 2.13. The minimum Gasteiger partial charge on any atom is -0.392 e. The van der Waals surface area contributed by atoms with E-state index < -0.39 is 16.1 Å². The molecule has 0 aliphatic carbocycles. The van der Waals surface area contributed by atoms with Crippen LogP contribution >= 0.6 is 0 Å². The van der Waals surface area contributed by atoms with E-state index in [0.29, 0.717) is 36.6 Å². The molecule has 1 aromatic carbocycles. The first kappa shape index (κ1) is 18.4. The first-order valence-electron chi connectivity index (χ1n) is 8.25. The van der Waals surface area contributed by atoms with Crippen LogP contribution in [0.25, 0.3) is 0 Å². The van der Waals surface area contributed by atoms with Gasteiger partial charge >= 0.3 is 0 Å². The third kappa shape index (κ3) is 4.06. The number of aromatic nitrogens is 2. The van der Waals surface area contributed by atoms with Crippen LogP contribution in [-0.2, 0) is 10.0 Å². The van der Waals surface area contributed by atoms with Crippen molar-refractivity contribution in [1.82, 2.24) is 14.3 Å². The zero-order valence-electron chi connectivity index (χ0n) is 14.3. The number of hydrogen-bond donors (Lipinski definition) is 2. The van der Waals surface area contributed by atoms with Crippen LogP contribution in [0.5, 0.6) is 0 Å². The molecule has 9 heteroatoms. The van der Waals surface area contributed by atoms with Crippen molar-refractivity contribution in [3.8, 4) is 0 Å². The molecule has 1 atom stereocenters. The molecule has 138 valence electrons. The van der Waals surface area contributed by atoms with E-state index >= 15 is 0 Å². The lowest BCUT2D eigenvalue weighted by atomic mass is 10.1. The van der Waals surface area contributed by atoms with Gasteiger partial charge in [0, 0.05) is 24.8 Å². The maximum Gasteiger partial charge on any atom is 0.256 e. The summed E-state index contributed by atoms with van der Waals surface area (Å²) < 4.78 is 26.6. The van der Waals surface area contributed by atoms with Crippen LogP contribution in [0.4, 0.5) is 5.82 Å². The predicted octanol–water partition coefficient (Wildman–Crippen LogP) is 1.18. The van der Waals surface area contributed by atoms with E-state index in [-0.39, 0.29) is 17.3 Å². The molecule has 2 heterocycles. The van der Waals surface area contributed by atoms with Crippen molar-refractivity contribution in [2.24, 2.45) is 0 Å². The van der Waals surface area contributed by atoms with Crippen molar-refractivity contribution < 1.29 is 18.3 Å². The van der Waals surface area contributed by atoms with Gasteiger partial charge in [0.15, 0.2) is 0 Å². The summed E-state index contributed by atoms with van der Waals surface area (Å²) in [5.41, 5.74) is 0.318. The Kier molecular flexibility index (Phi) is 5.30. The number of anilines is 1. The van der Waals surface area contributed by atoms with Gasteiger partial charge in [0.05, 0.1) is 11.0 Å². The van der Waals surface area contributed by atoms with Crippen molar-refractivity contribution in [2.75, 3.05) is 18.4 Å². The molecule has 3 rings (SSSR count). The Morgan fingerprint density at radius 1 is 1.27 bits per heavy atom.